The number of carboxylic acid groups (broad SMARTS) is 1. The van der Waals surface area contributed by atoms with Crippen LogP contribution in [0.2, 0.25) is 6.82 Å². The van der Waals surface area contributed by atoms with E-state index >= 15 is 0 Å². The molecule has 1 aliphatic rings. The monoisotopic (exact) mass is 487 g/mol. The normalized spacial score (nSPS) is 17.0. The summed E-state index contributed by atoms with van der Waals surface area (Å²) in [5.41, 5.74) is 3.51. The first-order valence-corrected chi connectivity index (χ1v) is 12.2. The number of carbonyl (C=O) groups excluding carboxylic acids is 1. The topological polar surface area (TPSA) is 85.3 Å². The lowest BCUT2D eigenvalue weighted by molar-refractivity contribution is -0.136. The van der Waals surface area contributed by atoms with Crippen LogP contribution in [0.25, 0.3) is 0 Å². The van der Waals surface area contributed by atoms with E-state index in [1.54, 1.807) is 23.1 Å². The van der Waals surface area contributed by atoms with E-state index < -0.39 is 5.97 Å². The van der Waals surface area contributed by atoms with Crippen LogP contribution >= 0.6 is 0 Å². The second kappa shape index (κ2) is 11.2. The number of rotatable bonds is 10. The maximum atomic E-state index is 12.9. The molecule has 186 valence electrons. The Bertz CT molecular complexity index is 1230. The number of benzene rings is 3. The molecule has 7 nitrogen and oxygen atoms in total. The van der Waals surface area contributed by atoms with Gasteiger partial charge in [0.2, 0.25) is 0 Å². The summed E-state index contributed by atoms with van der Waals surface area (Å²) < 4.78 is 17.8. The quantitative estimate of drug-likeness (QED) is 0.418. The molecule has 4 rings (SSSR count). The maximum absolute atomic E-state index is 12.9. The molecule has 0 unspecified atom stereocenters. The van der Waals surface area contributed by atoms with Gasteiger partial charge < -0.3 is 19.3 Å². The zero-order valence-corrected chi connectivity index (χ0v) is 20.8. The molecule has 0 bridgehead atoms. The van der Waals surface area contributed by atoms with Gasteiger partial charge in [0.25, 0.3) is 0 Å². The Morgan fingerprint density at radius 1 is 1.06 bits per heavy atom. The van der Waals surface area contributed by atoms with Gasteiger partial charge in [0, 0.05) is 5.56 Å². The summed E-state index contributed by atoms with van der Waals surface area (Å²) in [6.07, 6.45) is -0.847. The molecule has 8 heteroatoms. The van der Waals surface area contributed by atoms with Gasteiger partial charge in [-0.05, 0) is 43.2 Å². The second-order valence-corrected chi connectivity index (χ2v) is 8.77. The van der Waals surface area contributed by atoms with Crippen molar-refractivity contribution in [3.63, 3.8) is 0 Å². The van der Waals surface area contributed by atoms with Crippen LogP contribution in [-0.2, 0) is 22.5 Å². The third-order valence-electron chi connectivity index (χ3n) is 6.28. The van der Waals surface area contributed by atoms with Crippen molar-refractivity contribution in [3.05, 3.63) is 83.4 Å². The Hall–Kier alpha value is -3.94. The molecule has 1 amide bonds. The number of aliphatic carboxylic acids is 1. The summed E-state index contributed by atoms with van der Waals surface area (Å²) >= 11 is 0. The summed E-state index contributed by atoms with van der Waals surface area (Å²) in [5, 5.41) is 9.21. The van der Waals surface area contributed by atoms with Crippen LogP contribution in [0.3, 0.4) is 0 Å². The molecular formula is C28H30BNO6. The minimum Gasteiger partial charge on any atom is -0.490 e. The van der Waals surface area contributed by atoms with Gasteiger partial charge in [0.1, 0.15) is 11.9 Å². The highest BCUT2D eigenvalue weighted by Crippen LogP contribution is 2.37. The van der Waals surface area contributed by atoms with Crippen molar-refractivity contribution in [3.8, 4) is 17.2 Å². The van der Waals surface area contributed by atoms with Crippen molar-refractivity contribution in [2.75, 3.05) is 6.61 Å². The second-order valence-electron chi connectivity index (χ2n) is 8.77. The van der Waals surface area contributed by atoms with Gasteiger partial charge in [0.15, 0.2) is 18.8 Å². The van der Waals surface area contributed by atoms with Crippen LogP contribution in [0.1, 0.15) is 36.6 Å². The van der Waals surface area contributed by atoms with Gasteiger partial charge in [-0.25, -0.2) is 4.79 Å². The zero-order valence-electron chi connectivity index (χ0n) is 20.8. The van der Waals surface area contributed by atoms with Crippen LogP contribution in [0.5, 0.6) is 17.2 Å². The van der Waals surface area contributed by atoms with Gasteiger partial charge >= 0.3 is 12.1 Å². The third kappa shape index (κ3) is 5.65. The highest BCUT2D eigenvalue weighted by atomic mass is 16.6. The first kappa shape index (κ1) is 25.2. The number of cyclic esters (lactones) is 1. The molecule has 1 fully saturated rings. The van der Waals surface area contributed by atoms with Gasteiger partial charge in [-0.2, -0.15) is 0 Å². The minimum absolute atomic E-state index is 0.123. The Kier molecular flexibility index (Phi) is 7.83. The fourth-order valence-electron chi connectivity index (χ4n) is 4.37. The molecule has 2 atom stereocenters. The first-order valence-electron chi connectivity index (χ1n) is 12.2. The van der Waals surface area contributed by atoms with Crippen molar-refractivity contribution >= 4 is 24.8 Å². The summed E-state index contributed by atoms with van der Waals surface area (Å²) in [4.78, 5) is 25.8. The van der Waals surface area contributed by atoms with Gasteiger partial charge in [-0.1, -0.05) is 60.8 Å². The number of carboxylic acids is 1. The smallest absolute Gasteiger partial charge is 0.411 e. The van der Waals surface area contributed by atoms with E-state index in [0.29, 0.717) is 36.0 Å². The molecule has 1 heterocycles. The van der Waals surface area contributed by atoms with E-state index in [4.69, 9.17) is 14.2 Å². The number of hydrogen-bond donors (Lipinski definition) is 1. The highest BCUT2D eigenvalue weighted by molar-refractivity contribution is 6.51. The molecule has 1 aliphatic heterocycles. The fourth-order valence-corrected chi connectivity index (χ4v) is 4.37. The number of hydrogen-bond acceptors (Lipinski definition) is 5. The van der Waals surface area contributed by atoms with Crippen molar-refractivity contribution in [2.45, 2.75) is 45.8 Å². The fraction of sp³-hybridized carbons (Fsp3) is 0.286. The summed E-state index contributed by atoms with van der Waals surface area (Å²) in [6, 6.07) is 20.6. The zero-order chi connectivity index (χ0) is 25.7. The first-order chi connectivity index (χ1) is 17.4. The molecule has 0 saturated carbocycles. The Morgan fingerprint density at radius 3 is 2.50 bits per heavy atom. The van der Waals surface area contributed by atoms with Crippen LogP contribution in [0.15, 0.2) is 66.7 Å². The molecular weight excluding hydrogens is 457 g/mol. The average Bonchev–Trinajstić information content (AvgIpc) is 3.15. The highest BCUT2D eigenvalue weighted by Gasteiger charge is 2.39. The summed E-state index contributed by atoms with van der Waals surface area (Å²) in [7, 11) is 0.832. The Morgan fingerprint density at radius 2 is 1.81 bits per heavy atom. The minimum atomic E-state index is -0.924. The van der Waals surface area contributed by atoms with E-state index in [1.165, 1.54) is 0 Å². The van der Waals surface area contributed by atoms with Crippen molar-refractivity contribution in [2.24, 2.45) is 0 Å². The van der Waals surface area contributed by atoms with Gasteiger partial charge in [-0.3, -0.25) is 9.69 Å². The predicted octanol–water partition coefficient (Wildman–Crippen LogP) is 4.70. The molecule has 36 heavy (non-hydrogen) atoms. The average molecular weight is 487 g/mol. The molecule has 3 aromatic rings. The molecule has 1 N–H and O–H groups in total. The predicted molar refractivity (Wildman–Crippen MR) is 139 cm³/mol. The molecule has 1 saturated heterocycles. The molecule has 0 spiro atoms. The largest absolute Gasteiger partial charge is 0.490 e. The van der Waals surface area contributed by atoms with Crippen LogP contribution in [0, 0.1) is 0 Å². The van der Waals surface area contributed by atoms with Crippen LogP contribution < -0.4 is 14.9 Å². The lowest BCUT2D eigenvalue weighted by atomic mass is 9.73. The van der Waals surface area contributed by atoms with Gasteiger partial charge in [-0.15, -0.1) is 0 Å². The summed E-state index contributed by atoms with van der Waals surface area (Å²) in [6.45, 7) is 6.68. The van der Waals surface area contributed by atoms with E-state index in [0.717, 1.165) is 23.9 Å². The SMILES string of the molecule is CBc1ccc(Oc2cc(CC(=O)O)ccc2OCC)c(CN2C(=O)O[C@@H](c3ccccc3)[C@H]2C)c1. The number of ether oxygens (including phenoxy) is 3. The van der Waals surface area contributed by atoms with Crippen molar-refractivity contribution in [1.82, 2.24) is 4.90 Å². The summed E-state index contributed by atoms with van der Waals surface area (Å²) in [5.74, 6) is 0.604. The molecule has 0 aromatic heterocycles. The number of amides is 1. The maximum Gasteiger partial charge on any atom is 0.411 e. The molecule has 3 aromatic carbocycles. The standard InChI is InChI=1S/C28H30BNO6/c1-4-34-24-12-10-19(15-26(31)32)14-25(24)35-23-13-11-22(29-3)16-21(23)17-30-18(2)27(36-28(30)33)20-8-6-5-7-9-20/h5-14,16,18,27,29H,4,15,17H2,1-3H3,(H,31,32)/t18-,27-/m1/s1. The number of nitrogens with zero attached hydrogens (tertiary/aromatic N) is 1. The Labute approximate surface area is 211 Å². The van der Waals surface area contributed by atoms with Crippen molar-refractivity contribution in [1.29, 1.82) is 0 Å². The lowest BCUT2D eigenvalue weighted by Crippen LogP contribution is -2.32. The van der Waals surface area contributed by atoms with Crippen LogP contribution in [0.4, 0.5) is 4.79 Å². The van der Waals surface area contributed by atoms with E-state index in [9.17, 15) is 14.7 Å². The lowest BCUT2D eigenvalue weighted by Gasteiger charge is -2.23. The van der Waals surface area contributed by atoms with Crippen LogP contribution in [-0.4, -0.2) is 42.0 Å². The van der Waals surface area contributed by atoms with Gasteiger partial charge in [0.05, 0.1) is 25.6 Å². The number of carbonyl (C=O) groups is 2. The van der Waals surface area contributed by atoms with E-state index in [-0.39, 0.29) is 24.7 Å². The molecule has 0 aliphatic carbocycles. The van der Waals surface area contributed by atoms with E-state index in [2.05, 4.69) is 6.82 Å². The Balaban J connectivity index is 1.64. The van der Waals surface area contributed by atoms with E-state index in [1.807, 2.05) is 62.4 Å². The van der Waals surface area contributed by atoms with Crippen molar-refractivity contribution < 1.29 is 28.9 Å². The third-order valence-corrected chi connectivity index (χ3v) is 6.28. The molecule has 0 radical (unpaired) electrons.